The van der Waals surface area contributed by atoms with Gasteiger partial charge in [0.2, 0.25) is 0 Å². The molecule has 6 N–H and O–H groups in total. The molecule has 6 aromatic rings. The number of carbonyl (C=O) groups is 3. The van der Waals surface area contributed by atoms with Crippen LogP contribution in [0.25, 0.3) is 0 Å². The van der Waals surface area contributed by atoms with E-state index in [1.165, 1.54) is 62.6 Å². The molecule has 22 nitrogen and oxygen atoms in total. The number of hydrogen-bond acceptors (Lipinski definition) is 17. The summed E-state index contributed by atoms with van der Waals surface area (Å²) in [6.07, 6.45) is 3.61. The first-order chi connectivity index (χ1) is 37.6. The van der Waals surface area contributed by atoms with Crippen molar-refractivity contribution in [1.29, 1.82) is 0 Å². The molecular weight excluding hydrogens is 1090 g/mol. The molecule has 0 unspecified atom stereocenters. The second kappa shape index (κ2) is 27.7. The Balaban J connectivity index is 0.000000229. The largest absolute Gasteiger partial charge is 0.495 e. The molecule has 78 heavy (non-hydrogen) atoms. The molecule has 4 aromatic carbocycles. The van der Waals surface area contributed by atoms with Crippen LogP contribution in [-0.4, -0.2) is 149 Å². The fourth-order valence-electron chi connectivity index (χ4n) is 8.19. The molecule has 2 aliphatic rings. The number of piperazine rings is 2. The maximum Gasteiger partial charge on any atom is 0.327 e. The molecule has 8 rings (SSSR count). The summed E-state index contributed by atoms with van der Waals surface area (Å²) in [5, 5.41) is 24.7. The van der Waals surface area contributed by atoms with Gasteiger partial charge in [0, 0.05) is 120 Å². The number of nitrogens with one attached hydrogen (secondary N) is 5. The third-order valence-corrected chi connectivity index (χ3v) is 14.1. The SMILES string of the molecule is COc1cc(OC)c(Cl)c(NC(=O)N(C)c2cc(Nc3ccc(N4CCN(CCCC(=O)O)CC4)cc3)ncn2)c1Cl.COc1cc(OC)c(Cl)c(NC(=O)N(C)c2cc(Nc3ccc(N4CCNCC4)cc3)ncn2)c1Cl. The number of hydrogen-bond donors (Lipinski definition) is 6. The van der Waals surface area contributed by atoms with Crippen molar-refractivity contribution in [2.45, 2.75) is 12.8 Å². The Kier molecular flexibility index (Phi) is 20.7. The topological polar surface area (TPSA) is 236 Å². The Hall–Kier alpha value is -7.47. The first kappa shape index (κ1) is 58.2. The number of carbonyl (C=O) groups excluding carboxylic acids is 2. The number of methoxy groups -OCH3 is 4. The molecule has 0 radical (unpaired) electrons. The number of rotatable bonds is 18. The van der Waals surface area contributed by atoms with Crippen molar-refractivity contribution in [3.05, 3.63) is 106 Å². The molecule has 2 saturated heterocycles. The zero-order chi connectivity index (χ0) is 55.9. The van der Waals surface area contributed by atoms with Gasteiger partial charge in [-0.25, -0.2) is 29.5 Å². The first-order valence-corrected chi connectivity index (χ1v) is 25.9. The molecule has 0 saturated carbocycles. The number of anilines is 10. The highest BCUT2D eigenvalue weighted by atomic mass is 35.5. The maximum absolute atomic E-state index is 13.1. The number of nitrogens with zero attached hydrogens (tertiary/aromatic N) is 9. The Morgan fingerprint density at radius 3 is 1.33 bits per heavy atom. The molecular formula is C52H60Cl4N14O8. The molecule has 4 heterocycles. The summed E-state index contributed by atoms with van der Waals surface area (Å²) in [5.41, 5.74) is 4.30. The van der Waals surface area contributed by atoms with Crippen molar-refractivity contribution >= 4 is 122 Å². The minimum atomic E-state index is -0.750. The third-order valence-electron chi connectivity index (χ3n) is 12.6. The molecule has 2 aliphatic heterocycles. The van der Waals surface area contributed by atoms with Gasteiger partial charge in [-0.15, -0.1) is 0 Å². The van der Waals surface area contributed by atoms with E-state index in [-0.39, 0.29) is 37.9 Å². The lowest BCUT2D eigenvalue weighted by Crippen LogP contribution is -2.46. The number of halogens is 4. The van der Waals surface area contributed by atoms with E-state index in [9.17, 15) is 14.4 Å². The van der Waals surface area contributed by atoms with Crippen molar-refractivity contribution in [2.75, 3.05) is 142 Å². The molecule has 0 bridgehead atoms. The van der Waals surface area contributed by atoms with Gasteiger partial charge in [-0.1, -0.05) is 46.4 Å². The van der Waals surface area contributed by atoms with Crippen LogP contribution < -0.4 is 65.1 Å². The van der Waals surface area contributed by atoms with Gasteiger partial charge in [0.15, 0.2) is 0 Å². The Labute approximate surface area is 471 Å². The van der Waals surface area contributed by atoms with Crippen LogP contribution in [0.5, 0.6) is 23.0 Å². The molecule has 0 atom stereocenters. The second-order valence-corrected chi connectivity index (χ2v) is 19.0. The average molecular weight is 1150 g/mol. The number of aliphatic carboxylic acids is 1. The predicted molar refractivity (Wildman–Crippen MR) is 308 cm³/mol. The van der Waals surface area contributed by atoms with Gasteiger partial charge < -0.3 is 60.4 Å². The highest BCUT2D eigenvalue weighted by Crippen LogP contribution is 2.45. The lowest BCUT2D eigenvalue weighted by atomic mass is 10.2. The average Bonchev–Trinajstić information content (AvgIpc) is 3.47. The van der Waals surface area contributed by atoms with E-state index >= 15 is 0 Å². The Bertz CT molecular complexity index is 2970. The quantitative estimate of drug-likeness (QED) is 0.0470. The monoisotopic (exact) mass is 1150 g/mol. The van der Waals surface area contributed by atoms with E-state index in [0.717, 1.165) is 76.0 Å². The van der Waals surface area contributed by atoms with Gasteiger partial charge >= 0.3 is 18.0 Å². The van der Waals surface area contributed by atoms with Crippen LogP contribution in [0.1, 0.15) is 12.8 Å². The summed E-state index contributed by atoms with van der Waals surface area (Å²) in [4.78, 5) is 63.4. The van der Waals surface area contributed by atoms with Crippen molar-refractivity contribution in [1.82, 2.24) is 30.2 Å². The number of benzene rings is 4. The molecule has 414 valence electrons. The van der Waals surface area contributed by atoms with Gasteiger partial charge in [-0.3, -0.25) is 19.5 Å². The molecule has 2 aromatic heterocycles. The van der Waals surface area contributed by atoms with Crippen molar-refractivity contribution in [3.8, 4) is 23.0 Å². The van der Waals surface area contributed by atoms with Gasteiger partial charge in [0.25, 0.3) is 0 Å². The summed E-state index contributed by atoms with van der Waals surface area (Å²) in [6, 6.07) is 21.5. The van der Waals surface area contributed by atoms with E-state index in [1.54, 1.807) is 32.3 Å². The van der Waals surface area contributed by atoms with Crippen molar-refractivity contribution in [2.24, 2.45) is 0 Å². The molecule has 4 amide bonds. The Morgan fingerprint density at radius 1 is 0.577 bits per heavy atom. The van der Waals surface area contributed by atoms with Gasteiger partial charge in [-0.05, 0) is 61.5 Å². The molecule has 2 fully saturated rings. The van der Waals surface area contributed by atoms with Crippen LogP contribution in [0.3, 0.4) is 0 Å². The summed E-state index contributed by atoms with van der Waals surface area (Å²) in [7, 11) is 8.95. The van der Waals surface area contributed by atoms with Crippen LogP contribution >= 0.6 is 46.4 Å². The summed E-state index contributed by atoms with van der Waals surface area (Å²) < 4.78 is 21.0. The number of amides is 4. The lowest BCUT2D eigenvalue weighted by Gasteiger charge is -2.36. The predicted octanol–water partition coefficient (Wildman–Crippen LogP) is 9.82. The van der Waals surface area contributed by atoms with Crippen molar-refractivity contribution < 1.29 is 38.4 Å². The number of urea groups is 2. The van der Waals surface area contributed by atoms with Gasteiger partial charge in [-0.2, -0.15) is 0 Å². The molecule has 0 aliphatic carbocycles. The standard InChI is InChI=1S/C28H33Cl2N7O5.C24H27Cl2N7O3/c1-35(28(40)34-27-25(29)20(41-2)15-21(42-3)26(27)30)23-16-22(31-17-32-23)33-18-6-8-19(9-7-18)37-13-11-36(12-14-37)10-4-5-24(38)39;1-32(24(34)31-23-21(25)17(35-2)12-18(36-3)22(23)26)20-13-19(28-14-29-20)30-15-4-6-16(7-5-15)33-10-8-27-9-11-33/h6-9,15-17H,4-5,10-14H2,1-3H3,(H,34,40)(H,38,39)(H,31,32,33);4-7,12-14,27H,8-11H2,1-3H3,(H,31,34)(H,28,29,30). The third kappa shape index (κ3) is 15.0. The lowest BCUT2D eigenvalue weighted by molar-refractivity contribution is -0.137. The number of carboxylic acids is 1. The molecule has 0 spiro atoms. The summed E-state index contributed by atoms with van der Waals surface area (Å²) in [6.45, 7) is 8.28. The smallest absolute Gasteiger partial charge is 0.327 e. The second-order valence-electron chi connectivity index (χ2n) is 17.5. The highest BCUT2D eigenvalue weighted by molar-refractivity contribution is 6.42. The molecule has 26 heteroatoms. The first-order valence-electron chi connectivity index (χ1n) is 24.4. The minimum absolute atomic E-state index is 0.135. The van der Waals surface area contributed by atoms with Crippen LogP contribution in [0.2, 0.25) is 20.1 Å². The van der Waals surface area contributed by atoms with Crippen LogP contribution in [0.4, 0.5) is 67.0 Å². The van der Waals surface area contributed by atoms with Crippen molar-refractivity contribution in [3.63, 3.8) is 0 Å². The van der Waals surface area contributed by atoms with Gasteiger partial charge in [0.05, 0.1) is 39.8 Å². The van der Waals surface area contributed by atoms with Crippen LogP contribution in [-0.2, 0) is 4.79 Å². The normalized spacial score (nSPS) is 13.3. The van der Waals surface area contributed by atoms with E-state index in [4.69, 9.17) is 70.5 Å². The number of carboxylic acid groups (broad SMARTS) is 1. The van der Waals surface area contributed by atoms with E-state index in [1.807, 2.05) is 36.4 Å². The maximum atomic E-state index is 13.1. The summed E-state index contributed by atoms with van der Waals surface area (Å²) >= 11 is 25.5. The fourth-order valence-corrected chi connectivity index (χ4v) is 9.38. The summed E-state index contributed by atoms with van der Waals surface area (Å²) in [5.74, 6) is 2.21. The van der Waals surface area contributed by atoms with E-state index in [0.29, 0.717) is 52.7 Å². The fraction of sp³-hybridized carbons (Fsp3) is 0.327. The Morgan fingerprint density at radius 2 is 0.962 bits per heavy atom. The van der Waals surface area contributed by atoms with Gasteiger partial charge in [0.1, 0.15) is 79.0 Å². The van der Waals surface area contributed by atoms with Crippen LogP contribution in [0.15, 0.2) is 85.5 Å². The number of aromatic nitrogens is 4. The van der Waals surface area contributed by atoms with Crippen LogP contribution in [0, 0.1) is 0 Å². The van der Waals surface area contributed by atoms with E-state index in [2.05, 4.69) is 73.4 Å². The number of ether oxygens (including phenoxy) is 4. The zero-order valence-corrected chi connectivity index (χ0v) is 46.7. The minimum Gasteiger partial charge on any atom is -0.495 e. The van der Waals surface area contributed by atoms with E-state index < -0.39 is 18.0 Å². The highest BCUT2D eigenvalue weighted by Gasteiger charge is 2.24. The zero-order valence-electron chi connectivity index (χ0n) is 43.7.